The first-order chi connectivity index (χ1) is 6.38. The van der Waals surface area contributed by atoms with E-state index in [1.54, 1.807) is 0 Å². The zero-order valence-corrected chi connectivity index (χ0v) is 9.09. The fourth-order valence-electron chi connectivity index (χ4n) is 1.37. The Morgan fingerprint density at radius 2 is 1.64 bits per heavy atom. The lowest BCUT2D eigenvalue weighted by atomic mass is 9.94. The number of hydrogen-bond donors (Lipinski definition) is 2. The molecule has 0 spiro atoms. The van der Waals surface area contributed by atoms with Crippen LogP contribution in [0.15, 0.2) is 12.1 Å². The van der Waals surface area contributed by atoms with Crippen LogP contribution in [-0.2, 0) is 10.4 Å². The average Bonchev–Trinajstić information content (AvgIpc) is 2.13. The molecule has 0 aliphatic rings. The first-order valence-corrected chi connectivity index (χ1v) is 4.57. The molecule has 0 atom stereocenters. The zero-order valence-electron chi connectivity index (χ0n) is 9.09. The van der Waals surface area contributed by atoms with Crippen molar-refractivity contribution >= 4 is 0 Å². The van der Waals surface area contributed by atoms with Gasteiger partial charge >= 0.3 is 0 Å². The minimum Gasteiger partial charge on any atom is -0.507 e. The topological polar surface area (TPSA) is 55.5 Å². The molecule has 0 radical (unpaired) electrons. The van der Waals surface area contributed by atoms with E-state index in [1.807, 2.05) is 39.8 Å². The molecule has 0 aromatic heterocycles. The SMILES string of the molecule is Cc1cc(C(C)(C)ON)cc(C)c1O. The van der Waals surface area contributed by atoms with Crippen LogP contribution >= 0.6 is 0 Å². The maximum absolute atomic E-state index is 9.60. The maximum atomic E-state index is 9.60. The number of nitrogens with two attached hydrogens (primary N) is 1. The number of aryl methyl sites for hydroxylation is 2. The van der Waals surface area contributed by atoms with E-state index in [0.29, 0.717) is 5.75 Å². The van der Waals surface area contributed by atoms with Gasteiger partial charge in [-0.1, -0.05) is 0 Å². The molecule has 0 fully saturated rings. The normalized spacial score (nSPS) is 11.8. The van der Waals surface area contributed by atoms with Gasteiger partial charge in [-0.3, -0.25) is 4.84 Å². The summed E-state index contributed by atoms with van der Waals surface area (Å²) in [6, 6.07) is 3.77. The van der Waals surface area contributed by atoms with Crippen molar-refractivity contribution in [3.63, 3.8) is 0 Å². The summed E-state index contributed by atoms with van der Waals surface area (Å²) in [5.41, 5.74) is 2.12. The van der Waals surface area contributed by atoms with Crippen molar-refractivity contribution in [2.24, 2.45) is 5.90 Å². The van der Waals surface area contributed by atoms with Gasteiger partial charge in [0.25, 0.3) is 0 Å². The Bertz CT molecular complexity index is 322. The van der Waals surface area contributed by atoms with Crippen molar-refractivity contribution in [3.05, 3.63) is 28.8 Å². The monoisotopic (exact) mass is 195 g/mol. The van der Waals surface area contributed by atoms with Crippen molar-refractivity contribution < 1.29 is 9.94 Å². The third-order valence-electron chi connectivity index (χ3n) is 2.48. The van der Waals surface area contributed by atoms with Crippen LogP contribution in [0.5, 0.6) is 5.75 Å². The molecule has 1 aromatic rings. The average molecular weight is 195 g/mol. The highest BCUT2D eigenvalue weighted by molar-refractivity contribution is 5.43. The molecule has 0 amide bonds. The summed E-state index contributed by atoms with van der Waals surface area (Å²) in [5.74, 6) is 5.55. The van der Waals surface area contributed by atoms with Crippen LogP contribution in [0.25, 0.3) is 0 Å². The minimum absolute atomic E-state index is 0.335. The zero-order chi connectivity index (χ0) is 10.9. The highest BCUT2D eigenvalue weighted by atomic mass is 16.6. The van der Waals surface area contributed by atoms with Gasteiger partial charge in [0.2, 0.25) is 0 Å². The molecular weight excluding hydrogens is 178 g/mol. The Balaban J connectivity index is 3.26. The molecular formula is C11H17NO2. The van der Waals surface area contributed by atoms with Gasteiger partial charge in [0.05, 0.1) is 0 Å². The second-order valence-corrected chi connectivity index (χ2v) is 4.09. The molecule has 78 valence electrons. The minimum atomic E-state index is -0.525. The van der Waals surface area contributed by atoms with Gasteiger partial charge in [0.15, 0.2) is 0 Å². The van der Waals surface area contributed by atoms with Crippen molar-refractivity contribution in [1.29, 1.82) is 0 Å². The highest BCUT2D eigenvalue weighted by Gasteiger charge is 2.21. The Hall–Kier alpha value is -1.06. The van der Waals surface area contributed by atoms with Crippen LogP contribution < -0.4 is 5.90 Å². The molecule has 0 unspecified atom stereocenters. The molecule has 0 heterocycles. The van der Waals surface area contributed by atoms with Gasteiger partial charge in [0, 0.05) is 0 Å². The molecule has 0 saturated heterocycles. The van der Waals surface area contributed by atoms with E-state index >= 15 is 0 Å². The van der Waals surface area contributed by atoms with E-state index in [0.717, 1.165) is 16.7 Å². The predicted octanol–water partition coefficient (Wildman–Crippen LogP) is 2.13. The van der Waals surface area contributed by atoms with Crippen LogP contribution in [0.2, 0.25) is 0 Å². The maximum Gasteiger partial charge on any atom is 0.121 e. The highest BCUT2D eigenvalue weighted by Crippen LogP contribution is 2.30. The first kappa shape index (κ1) is 11.0. The van der Waals surface area contributed by atoms with E-state index in [4.69, 9.17) is 10.7 Å². The van der Waals surface area contributed by atoms with Crippen LogP contribution in [0, 0.1) is 13.8 Å². The van der Waals surface area contributed by atoms with Gasteiger partial charge in [-0.25, -0.2) is 5.90 Å². The summed E-state index contributed by atoms with van der Waals surface area (Å²) in [5, 5.41) is 9.60. The van der Waals surface area contributed by atoms with Crippen LogP contribution in [0.4, 0.5) is 0 Å². The molecule has 0 aliphatic carbocycles. The summed E-state index contributed by atoms with van der Waals surface area (Å²) < 4.78 is 0. The Morgan fingerprint density at radius 3 is 2.00 bits per heavy atom. The number of hydrogen-bond acceptors (Lipinski definition) is 3. The molecule has 1 aromatic carbocycles. The molecule has 0 aliphatic heterocycles. The molecule has 0 bridgehead atoms. The molecule has 1 rings (SSSR count). The molecule has 3 N–H and O–H groups in total. The largest absolute Gasteiger partial charge is 0.507 e. The van der Waals surface area contributed by atoms with Crippen molar-refractivity contribution in [1.82, 2.24) is 0 Å². The van der Waals surface area contributed by atoms with Crippen molar-refractivity contribution in [2.45, 2.75) is 33.3 Å². The third-order valence-corrected chi connectivity index (χ3v) is 2.48. The van der Waals surface area contributed by atoms with Gasteiger partial charge in [-0.05, 0) is 56.5 Å². The number of phenols is 1. The van der Waals surface area contributed by atoms with Crippen LogP contribution in [0.1, 0.15) is 30.5 Å². The lowest BCUT2D eigenvalue weighted by molar-refractivity contribution is -0.0237. The second-order valence-electron chi connectivity index (χ2n) is 4.09. The second kappa shape index (κ2) is 3.59. The number of rotatable bonds is 2. The summed E-state index contributed by atoms with van der Waals surface area (Å²) in [7, 11) is 0. The number of benzene rings is 1. The van der Waals surface area contributed by atoms with Gasteiger partial charge in [-0.15, -0.1) is 0 Å². The first-order valence-electron chi connectivity index (χ1n) is 4.57. The quantitative estimate of drug-likeness (QED) is 0.711. The molecule has 3 heteroatoms. The fourth-order valence-corrected chi connectivity index (χ4v) is 1.37. The van der Waals surface area contributed by atoms with E-state index in [-0.39, 0.29) is 0 Å². The lowest BCUT2D eigenvalue weighted by Gasteiger charge is -2.23. The Labute approximate surface area is 84.5 Å². The van der Waals surface area contributed by atoms with Gasteiger partial charge in [-0.2, -0.15) is 0 Å². The summed E-state index contributed by atoms with van der Waals surface area (Å²) in [6.45, 7) is 7.49. The van der Waals surface area contributed by atoms with E-state index in [1.165, 1.54) is 0 Å². The molecule has 14 heavy (non-hydrogen) atoms. The lowest BCUT2D eigenvalue weighted by Crippen LogP contribution is -2.25. The van der Waals surface area contributed by atoms with Crippen molar-refractivity contribution in [2.75, 3.05) is 0 Å². The fraction of sp³-hybridized carbons (Fsp3) is 0.455. The van der Waals surface area contributed by atoms with E-state index in [9.17, 15) is 5.11 Å². The van der Waals surface area contributed by atoms with E-state index < -0.39 is 5.60 Å². The number of aromatic hydroxyl groups is 1. The summed E-state index contributed by atoms with van der Waals surface area (Å²) in [6.07, 6.45) is 0. The van der Waals surface area contributed by atoms with Crippen molar-refractivity contribution in [3.8, 4) is 5.75 Å². The van der Waals surface area contributed by atoms with E-state index in [2.05, 4.69) is 0 Å². The molecule has 0 saturated carbocycles. The van der Waals surface area contributed by atoms with Crippen LogP contribution in [-0.4, -0.2) is 5.11 Å². The summed E-state index contributed by atoms with van der Waals surface area (Å²) in [4.78, 5) is 4.89. The smallest absolute Gasteiger partial charge is 0.121 e. The number of phenolic OH excluding ortho intramolecular Hbond substituents is 1. The third kappa shape index (κ3) is 1.89. The van der Waals surface area contributed by atoms with Gasteiger partial charge in [0.1, 0.15) is 11.4 Å². The predicted molar refractivity (Wildman–Crippen MR) is 55.9 cm³/mol. The van der Waals surface area contributed by atoms with Crippen LogP contribution in [0.3, 0.4) is 0 Å². The Morgan fingerprint density at radius 1 is 1.21 bits per heavy atom. The molecule has 3 nitrogen and oxygen atoms in total. The van der Waals surface area contributed by atoms with Gasteiger partial charge < -0.3 is 5.11 Å². The standard InChI is InChI=1S/C11H17NO2/c1-7-5-9(11(3,4)14-12)6-8(2)10(7)13/h5-6,13H,12H2,1-4H3. The Kier molecular flexibility index (Phi) is 2.83. The summed E-state index contributed by atoms with van der Waals surface area (Å²) >= 11 is 0.